The summed E-state index contributed by atoms with van der Waals surface area (Å²) in [5.74, 6) is 0.647. The average Bonchev–Trinajstić information content (AvgIpc) is 3.18. The number of anilines is 2. The van der Waals surface area contributed by atoms with Gasteiger partial charge in [-0.2, -0.15) is 0 Å². The van der Waals surface area contributed by atoms with Crippen molar-refractivity contribution < 1.29 is 4.74 Å². The van der Waals surface area contributed by atoms with Gasteiger partial charge in [0, 0.05) is 17.3 Å². The number of hydrogen-bond acceptors (Lipinski definition) is 5. The van der Waals surface area contributed by atoms with Crippen molar-refractivity contribution in [3.63, 3.8) is 0 Å². The van der Waals surface area contributed by atoms with E-state index in [2.05, 4.69) is 33.9 Å². The minimum absolute atomic E-state index is 0.558. The Labute approximate surface area is 160 Å². The number of methoxy groups -OCH3 is 1. The van der Waals surface area contributed by atoms with Crippen molar-refractivity contribution in [2.45, 2.75) is 13.8 Å². The summed E-state index contributed by atoms with van der Waals surface area (Å²) in [6, 6.07) is 9.65. The van der Waals surface area contributed by atoms with Gasteiger partial charge in [-0.3, -0.25) is 4.40 Å². The molecule has 0 radical (unpaired) electrons. The molecule has 0 amide bonds. The maximum atomic E-state index is 6.19. The molecule has 0 aliphatic carbocycles. The minimum Gasteiger partial charge on any atom is -0.495 e. The van der Waals surface area contributed by atoms with Crippen molar-refractivity contribution in [3.05, 3.63) is 58.2 Å². The first kappa shape index (κ1) is 16.9. The Morgan fingerprint density at radius 2 is 2.00 bits per heavy atom. The van der Waals surface area contributed by atoms with Crippen molar-refractivity contribution in [1.29, 1.82) is 0 Å². The summed E-state index contributed by atoms with van der Waals surface area (Å²) in [5, 5.41) is 6.68. The van der Waals surface area contributed by atoms with Crippen molar-refractivity contribution in [3.8, 4) is 17.1 Å². The lowest BCUT2D eigenvalue weighted by molar-refractivity contribution is 0.415. The topological polar surface area (TPSA) is 51.5 Å². The normalized spacial score (nSPS) is 11.1. The van der Waals surface area contributed by atoms with Crippen LogP contribution in [0.1, 0.15) is 11.3 Å². The van der Waals surface area contributed by atoms with Gasteiger partial charge in [-0.1, -0.05) is 17.7 Å². The molecule has 4 rings (SSSR count). The van der Waals surface area contributed by atoms with Crippen LogP contribution in [0.5, 0.6) is 5.75 Å². The molecule has 0 saturated heterocycles. The van der Waals surface area contributed by atoms with Gasteiger partial charge in [-0.25, -0.2) is 9.97 Å². The highest BCUT2D eigenvalue weighted by Gasteiger charge is 2.14. The molecule has 0 saturated carbocycles. The SMILES string of the molecule is COc1ccc(Nc2nc(-c3c(C)nc4ccc(C)cn34)cs2)cc1Cl. The fourth-order valence-corrected chi connectivity index (χ4v) is 3.86. The van der Waals surface area contributed by atoms with Crippen LogP contribution in [-0.4, -0.2) is 21.5 Å². The number of hydrogen-bond donors (Lipinski definition) is 1. The Morgan fingerprint density at radius 1 is 1.15 bits per heavy atom. The van der Waals surface area contributed by atoms with Crippen LogP contribution in [0.4, 0.5) is 10.8 Å². The van der Waals surface area contributed by atoms with Crippen molar-refractivity contribution >= 4 is 39.4 Å². The second-order valence-electron chi connectivity index (χ2n) is 5.99. The smallest absolute Gasteiger partial charge is 0.187 e. The van der Waals surface area contributed by atoms with Crippen LogP contribution >= 0.6 is 22.9 Å². The molecule has 132 valence electrons. The van der Waals surface area contributed by atoms with Gasteiger partial charge in [-0.05, 0) is 43.7 Å². The monoisotopic (exact) mass is 384 g/mol. The molecule has 3 aromatic heterocycles. The van der Waals surface area contributed by atoms with Gasteiger partial charge in [0.1, 0.15) is 17.1 Å². The van der Waals surface area contributed by atoms with E-state index >= 15 is 0 Å². The number of ether oxygens (including phenoxy) is 1. The Kier molecular flexibility index (Phi) is 4.30. The molecule has 4 aromatic rings. The number of nitrogens with one attached hydrogen (secondary N) is 1. The fraction of sp³-hybridized carbons (Fsp3) is 0.158. The van der Waals surface area contributed by atoms with Gasteiger partial charge in [-0.15, -0.1) is 11.3 Å². The van der Waals surface area contributed by atoms with Crippen LogP contribution < -0.4 is 10.1 Å². The van der Waals surface area contributed by atoms with Crippen molar-refractivity contribution in [1.82, 2.24) is 14.4 Å². The van der Waals surface area contributed by atoms with E-state index in [4.69, 9.17) is 21.3 Å². The number of rotatable bonds is 4. The highest BCUT2D eigenvalue weighted by atomic mass is 35.5. The number of halogens is 1. The number of nitrogens with zero attached hydrogens (tertiary/aromatic N) is 3. The number of benzene rings is 1. The summed E-state index contributed by atoms with van der Waals surface area (Å²) in [5.41, 5.74) is 5.83. The minimum atomic E-state index is 0.558. The summed E-state index contributed by atoms with van der Waals surface area (Å²) in [7, 11) is 1.60. The molecule has 1 N–H and O–H groups in total. The zero-order valence-electron chi connectivity index (χ0n) is 14.6. The number of fused-ring (bicyclic) bond motifs is 1. The Morgan fingerprint density at radius 3 is 2.77 bits per heavy atom. The molecule has 1 aromatic carbocycles. The number of pyridine rings is 1. The first-order chi connectivity index (χ1) is 12.5. The van der Waals surface area contributed by atoms with Crippen LogP contribution in [0.2, 0.25) is 5.02 Å². The summed E-state index contributed by atoms with van der Waals surface area (Å²) in [6.07, 6.45) is 2.08. The number of thiazole rings is 1. The number of imidazole rings is 1. The lowest BCUT2D eigenvalue weighted by Crippen LogP contribution is -1.93. The van der Waals surface area contributed by atoms with Gasteiger partial charge < -0.3 is 10.1 Å². The second-order valence-corrected chi connectivity index (χ2v) is 7.26. The fourth-order valence-electron chi connectivity index (χ4n) is 2.88. The van der Waals surface area contributed by atoms with Gasteiger partial charge in [0.15, 0.2) is 5.13 Å². The lowest BCUT2D eigenvalue weighted by atomic mass is 10.2. The molecule has 7 heteroatoms. The molecule has 0 aliphatic rings. The van der Waals surface area contributed by atoms with E-state index in [1.165, 1.54) is 5.56 Å². The van der Waals surface area contributed by atoms with E-state index in [9.17, 15) is 0 Å². The molecular weight excluding hydrogens is 368 g/mol. The van der Waals surface area contributed by atoms with E-state index < -0.39 is 0 Å². The van der Waals surface area contributed by atoms with E-state index in [1.54, 1.807) is 18.4 Å². The molecule has 26 heavy (non-hydrogen) atoms. The van der Waals surface area contributed by atoms with E-state index in [0.717, 1.165) is 33.5 Å². The molecule has 0 bridgehead atoms. The van der Waals surface area contributed by atoms with E-state index in [-0.39, 0.29) is 0 Å². The molecule has 5 nitrogen and oxygen atoms in total. The maximum absolute atomic E-state index is 6.19. The molecule has 0 unspecified atom stereocenters. The summed E-state index contributed by atoms with van der Waals surface area (Å²) < 4.78 is 7.28. The Balaban J connectivity index is 1.68. The van der Waals surface area contributed by atoms with E-state index in [1.807, 2.05) is 36.6 Å². The first-order valence-electron chi connectivity index (χ1n) is 8.07. The molecule has 0 aliphatic heterocycles. The van der Waals surface area contributed by atoms with Gasteiger partial charge in [0.25, 0.3) is 0 Å². The van der Waals surface area contributed by atoms with Gasteiger partial charge in [0.2, 0.25) is 0 Å². The van der Waals surface area contributed by atoms with Crippen LogP contribution in [0.3, 0.4) is 0 Å². The number of aryl methyl sites for hydroxylation is 2. The van der Waals surface area contributed by atoms with Gasteiger partial charge >= 0.3 is 0 Å². The van der Waals surface area contributed by atoms with E-state index in [0.29, 0.717) is 10.8 Å². The van der Waals surface area contributed by atoms with Gasteiger partial charge in [0.05, 0.1) is 23.5 Å². The third kappa shape index (κ3) is 3.02. The summed E-state index contributed by atoms with van der Waals surface area (Å²) >= 11 is 7.73. The zero-order chi connectivity index (χ0) is 18.3. The maximum Gasteiger partial charge on any atom is 0.187 e. The third-order valence-corrected chi connectivity index (χ3v) is 5.14. The van der Waals surface area contributed by atoms with Crippen LogP contribution in [0, 0.1) is 13.8 Å². The molecular formula is C19H17ClN4OS. The lowest BCUT2D eigenvalue weighted by Gasteiger charge is -2.06. The average molecular weight is 385 g/mol. The summed E-state index contributed by atoms with van der Waals surface area (Å²) in [4.78, 5) is 9.36. The molecule has 3 heterocycles. The van der Waals surface area contributed by atoms with Crippen LogP contribution in [0.25, 0.3) is 17.0 Å². The zero-order valence-corrected chi connectivity index (χ0v) is 16.1. The highest BCUT2D eigenvalue weighted by molar-refractivity contribution is 7.14. The van der Waals surface area contributed by atoms with Crippen LogP contribution in [0.15, 0.2) is 41.9 Å². The predicted octanol–water partition coefficient (Wildman–Crippen LogP) is 5.48. The first-order valence-corrected chi connectivity index (χ1v) is 9.32. The largest absolute Gasteiger partial charge is 0.495 e. The van der Waals surface area contributed by atoms with Crippen molar-refractivity contribution in [2.75, 3.05) is 12.4 Å². The van der Waals surface area contributed by atoms with Crippen LogP contribution in [-0.2, 0) is 0 Å². The molecule has 0 atom stereocenters. The Bertz CT molecular complexity index is 1100. The molecule has 0 fully saturated rings. The highest BCUT2D eigenvalue weighted by Crippen LogP contribution is 2.32. The van der Waals surface area contributed by atoms with Crippen molar-refractivity contribution in [2.24, 2.45) is 0 Å². The predicted molar refractivity (Wildman–Crippen MR) is 107 cm³/mol. The quantitative estimate of drug-likeness (QED) is 0.506. The third-order valence-electron chi connectivity index (χ3n) is 4.09. The standard InChI is InChI=1S/C19H17ClN4OS/c1-11-4-7-17-21-12(2)18(24(17)9-11)15-10-26-19(23-15)22-13-5-6-16(25-3)14(20)8-13/h4-10H,1-3H3,(H,22,23). The summed E-state index contributed by atoms with van der Waals surface area (Å²) in [6.45, 7) is 4.08. The Hall–Kier alpha value is -2.57. The molecule has 0 spiro atoms. The second kappa shape index (κ2) is 6.63. The number of aromatic nitrogens is 3.